The first kappa shape index (κ1) is 9.00. The first-order valence-electron chi connectivity index (χ1n) is 3.72. The quantitative estimate of drug-likeness (QED) is 0.647. The van der Waals surface area contributed by atoms with E-state index in [4.69, 9.17) is 0 Å². The molecule has 1 atom stereocenters. The third-order valence-corrected chi connectivity index (χ3v) is 3.16. The van der Waals surface area contributed by atoms with Crippen molar-refractivity contribution in [1.82, 2.24) is 5.32 Å². The van der Waals surface area contributed by atoms with Crippen molar-refractivity contribution in [1.29, 1.82) is 0 Å². The third kappa shape index (κ3) is 2.17. The fourth-order valence-corrected chi connectivity index (χ4v) is 2.42. The first-order valence-corrected chi connectivity index (χ1v) is 5.78. The molecule has 4 heteroatoms. The fourth-order valence-electron chi connectivity index (χ4n) is 1.24. The lowest BCUT2D eigenvalue weighted by molar-refractivity contribution is 0.145. The van der Waals surface area contributed by atoms with E-state index in [9.17, 15) is 8.42 Å². The molecule has 0 saturated carbocycles. The first-order chi connectivity index (χ1) is 4.81. The van der Waals surface area contributed by atoms with Crippen molar-refractivity contribution >= 4 is 9.84 Å². The summed E-state index contributed by atoms with van der Waals surface area (Å²) >= 11 is 0. The number of rotatable bonds is 2. The summed E-state index contributed by atoms with van der Waals surface area (Å²) in [6, 6.07) is 0.150. The monoisotopic (exact) mass is 177 g/mol. The van der Waals surface area contributed by atoms with E-state index in [1.54, 1.807) is 0 Å². The lowest BCUT2D eigenvalue weighted by Crippen LogP contribution is -2.61. The van der Waals surface area contributed by atoms with E-state index in [0.29, 0.717) is 0 Å². The number of sulfone groups is 1. The fraction of sp³-hybridized carbons (Fsp3) is 1.00. The summed E-state index contributed by atoms with van der Waals surface area (Å²) in [6.45, 7) is 5.09. The second kappa shape index (κ2) is 2.45. The summed E-state index contributed by atoms with van der Waals surface area (Å²) in [4.78, 5) is 0. The molecule has 0 aromatic rings. The molecule has 1 aliphatic heterocycles. The van der Waals surface area contributed by atoms with Crippen molar-refractivity contribution in [3.8, 4) is 0 Å². The Bertz CT molecular complexity index is 243. The molecule has 1 unspecified atom stereocenters. The van der Waals surface area contributed by atoms with Gasteiger partial charge in [0.2, 0.25) is 0 Å². The van der Waals surface area contributed by atoms with Crippen LogP contribution in [0.5, 0.6) is 0 Å². The average molecular weight is 177 g/mol. The zero-order chi connectivity index (χ0) is 8.70. The van der Waals surface area contributed by atoms with Gasteiger partial charge >= 0.3 is 0 Å². The lowest BCUT2D eigenvalue weighted by Gasteiger charge is -2.45. The van der Waals surface area contributed by atoms with Crippen LogP contribution < -0.4 is 5.32 Å². The Hall–Kier alpha value is -0.0900. The Morgan fingerprint density at radius 1 is 1.55 bits per heavy atom. The van der Waals surface area contributed by atoms with E-state index in [2.05, 4.69) is 19.2 Å². The van der Waals surface area contributed by atoms with Crippen molar-refractivity contribution in [3.63, 3.8) is 0 Å². The molecule has 1 N–H and O–H groups in total. The van der Waals surface area contributed by atoms with Gasteiger partial charge in [-0.1, -0.05) is 13.8 Å². The molecule has 0 radical (unpaired) electrons. The van der Waals surface area contributed by atoms with Crippen LogP contribution in [0.15, 0.2) is 0 Å². The molecule has 1 fully saturated rings. The Morgan fingerprint density at radius 3 is 2.18 bits per heavy atom. The van der Waals surface area contributed by atoms with Gasteiger partial charge < -0.3 is 5.32 Å². The highest BCUT2D eigenvalue weighted by molar-refractivity contribution is 7.90. The molecule has 0 aromatic heterocycles. The van der Waals surface area contributed by atoms with Gasteiger partial charge in [-0.05, 0) is 5.41 Å². The molecule has 1 rings (SSSR count). The van der Waals surface area contributed by atoms with E-state index in [1.807, 2.05) is 0 Å². The Morgan fingerprint density at radius 2 is 2.09 bits per heavy atom. The number of hydrogen-bond donors (Lipinski definition) is 1. The van der Waals surface area contributed by atoms with Gasteiger partial charge in [0.25, 0.3) is 0 Å². The average Bonchev–Trinajstić information content (AvgIpc) is 1.79. The Labute approximate surface area is 68.1 Å². The zero-order valence-electron chi connectivity index (χ0n) is 7.22. The molecule has 1 aliphatic rings. The van der Waals surface area contributed by atoms with Crippen LogP contribution in [0.3, 0.4) is 0 Å². The molecule has 0 aliphatic carbocycles. The van der Waals surface area contributed by atoms with Gasteiger partial charge in [0.15, 0.2) is 0 Å². The van der Waals surface area contributed by atoms with E-state index >= 15 is 0 Å². The van der Waals surface area contributed by atoms with Gasteiger partial charge in [0.1, 0.15) is 9.84 Å². The topological polar surface area (TPSA) is 46.2 Å². The molecule has 0 aromatic carbocycles. The summed E-state index contributed by atoms with van der Waals surface area (Å²) in [5, 5.41) is 3.11. The van der Waals surface area contributed by atoms with Crippen LogP contribution in [-0.4, -0.2) is 33.0 Å². The minimum absolute atomic E-state index is 0.150. The minimum atomic E-state index is -2.82. The summed E-state index contributed by atoms with van der Waals surface area (Å²) < 4.78 is 21.8. The van der Waals surface area contributed by atoms with E-state index in [0.717, 1.165) is 6.54 Å². The maximum absolute atomic E-state index is 10.9. The van der Waals surface area contributed by atoms with Crippen LogP contribution in [0.2, 0.25) is 0 Å². The standard InChI is InChI=1S/C7H15NO2S/c1-7(2)5-8-6(7)4-11(3,9)10/h6,8H,4-5H2,1-3H3. The van der Waals surface area contributed by atoms with Gasteiger partial charge in [-0.15, -0.1) is 0 Å². The van der Waals surface area contributed by atoms with Gasteiger partial charge in [0.05, 0.1) is 5.75 Å². The maximum atomic E-state index is 10.9. The molecular formula is C7H15NO2S. The normalized spacial score (nSPS) is 29.5. The van der Waals surface area contributed by atoms with Crippen LogP contribution in [0.25, 0.3) is 0 Å². The van der Waals surface area contributed by atoms with Gasteiger partial charge in [-0.3, -0.25) is 0 Å². The summed E-state index contributed by atoms with van der Waals surface area (Å²) in [5.41, 5.74) is 0.156. The molecule has 1 saturated heterocycles. The molecule has 11 heavy (non-hydrogen) atoms. The SMILES string of the molecule is CC1(C)CNC1CS(C)(=O)=O. The van der Waals surface area contributed by atoms with Crippen molar-refractivity contribution in [3.05, 3.63) is 0 Å². The highest BCUT2D eigenvalue weighted by Crippen LogP contribution is 2.28. The highest BCUT2D eigenvalue weighted by atomic mass is 32.2. The van der Waals surface area contributed by atoms with Crippen LogP contribution in [0, 0.1) is 5.41 Å². The third-order valence-electron chi connectivity index (χ3n) is 2.22. The molecule has 3 nitrogen and oxygen atoms in total. The smallest absolute Gasteiger partial charge is 0.149 e. The number of nitrogens with one attached hydrogen (secondary N) is 1. The predicted octanol–water partition coefficient (Wildman–Crippen LogP) is 0.0290. The second-order valence-corrected chi connectivity index (χ2v) is 6.20. The van der Waals surface area contributed by atoms with Crippen molar-refractivity contribution < 1.29 is 8.42 Å². The molecule has 1 heterocycles. The van der Waals surface area contributed by atoms with Crippen molar-refractivity contribution in [2.24, 2.45) is 5.41 Å². The van der Waals surface area contributed by atoms with Crippen molar-refractivity contribution in [2.75, 3.05) is 18.6 Å². The largest absolute Gasteiger partial charge is 0.312 e. The van der Waals surface area contributed by atoms with Crippen molar-refractivity contribution in [2.45, 2.75) is 19.9 Å². The minimum Gasteiger partial charge on any atom is -0.312 e. The summed E-state index contributed by atoms with van der Waals surface area (Å²) in [7, 11) is -2.82. The summed E-state index contributed by atoms with van der Waals surface area (Å²) in [5.74, 6) is 0.264. The predicted molar refractivity (Wildman–Crippen MR) is 45.3 cm³/mol. The molecular weight excluding hydrogens is 162 g/mol. The highest BCUT2D eigenvalue weighted by Gasteiger charge is 2.39. The Kier molecular flexibility index (Phi) is 2.01. The lowest BCUT2D eigenvalue weighted by atomic mass is 9.78. The van der Waals surface area contributed by atoms with Crippen LogP contribution in [0.4, 0.5) is 0 Å². The molecule has 0 spiro atoms. The van der Waals surface area contributed by atoms with Gasteiger partial charge in [-0.25, -0.2) is 8.42 Å². The van der Waals surface area contributed by atoms with E-state index in [-0.39, 0.29) is 17.2 Å². The molecule has 0 amide bonds. The van der Waals surface area contributed by atoms with Gasteiger partial charge in [0, 0.05) is 18.8 Å². The second-order valence-electron chi connectivity index (χ2n) is 4.01. The maximum Gasteiger partial charge on any atom is 0.149 e. The zero-order valence-corrected chi connectivity index (χ0v) is 8.03. The molecule has 66 valence electrons. The van der Waals surface area contributed by atoms with Gasteiger partial charge in [-0.2, -0.15) is 0 Å². The van der Waals surface area contributed by atoms with E-state index < -0.39 is 9.84 Å². The van der Waals surface area contributed by atoms with Crippen LogP contribution in [0.1, 0.15) is 13.8 Å². The number of hydrogen-bond acceptors (Lipinski definition) is 3. The summed E-state index contributed by atoms with van der Waals surface area (Å²) in [6.07, 6.45) is 1.28. The van der Waals surface area contributed by atoms with E-state index in [1.165, 1.54) is 6.26 Å². The Balaban J connectivity index is 2.53. The van der Waals surface area contributed by atoms with Crippen LogP contribution in [-0.2, 0) is 9.84 Å². The van der Waals surface area contributed by atoms with Crippen LogP contribution >= 0.6 is 0 Å². The molecule has 0 bridgehead atoms.